The summed E-state index contributed by atoms with van der Waals surface area (Å²) < 4.78 is 2.80. The van der Waals surface area contributed by atoms with Crippen LogP contribution in [0.15, 0.2) is 48.5 Å². The van der Waals surface area contributed by atoms with Crippen LogP contribution >= 0.6 is 23.6 Å². The van der Waals surface area contributed by atoms with E-state index in [1.807, 2.05) is 4.68 Å². The standard InChI is InChI=1S/C21H25N5S2/c1-16-7-6-10-19(17(16)2)22-20-23-26(21(27)28-20)15-24-11-13-25(14-12-24)18-8-4-3-5-9-18/h3-10H,11-15H2,1-2H3,(H,22,23)/p+1. The van der Waals surface area contributed by atoms with Crippen molar-refractivity contribution in [3.8, 4) is 0 Å². The van der Waals surface area contributed by atoms with Gasteiger partial charge in [-0.1, -0.05) is 41.7 Å². The maximum Gasteiger partial charge on any atom is 0.209 e. The molecule has 2 N–H and O–H groups in total. The first kappa shape index (κ1) is 19.1. The summed E-state index contributed by atoms with van der Waals surface area (Å²) in [4.78, 5) is 3.98. The summed E-state index contributed by atoms with van der Waals surface area (Å²) in [7, 11) is 0. The second-order valence-corrected chi connectivity index (χ2v) is 8.90. The number of quaternary nitrogens is 1. The molecule has 1 aliphatic rings. The number of aryl methyl sites for hydroxylation is 1. The van der Waals surface area contributed by atoms with Crippen molar-refractivity contribution >= 4 is 40.1 Å². The lowest BCUT2D eigenvalue weighted by atomic mass is 10.1. The normalized spacial score (nSPS) is 15.0. The van der Waals surface area contributed by atoms with Gasteiger partial charge in [-0.25, -0.2) is 0 Å². The number of para-hydroxylation sites is 1. The molecule has 146 valence electrons. The molecule has 1 saturated heterocycles. The van der Waals surface area contributed by atoms with E-state index in [-0.39, 0.29) is 0 Å². The second-order valence-electron chi connectivity index (χ2n) is 7.28. The number of hydrogen-bond donors (Lipinski definition) is 2. The average Bonchev–Trinajstić information content (AvgIpc) is 3.05. The highest BCUT2D eigenvalue weighted by atomic mass is 32.1. The van der Waals surface area contributed by atoms with Gasteiger partial charge in [0.15, 0.2) is 10.6 Å². The Labute approximate surface area is 175 Å². The van der Waals surface area contributed by atoms with Crippen molar-refractivity contribution in [3.63, 3.8) is 0 Å². The van der Waals surface area contributed by atoms with Gasteiger partial charge in [0.05, 0.1) is 26.2 Å². The molecule has 0 aliphatic carbocycles. The molecule has 3 aromatic rings. The molecule has 1 aromatic heterocycles. The average molecular weight is 413 g/mol. The smallest absolute Gasteiger partial charge is 0.209 e. The van der Waals surface area contributed by atoms with Crippen LogP contribution < -0.4 is 15.1 Å². The number of aromatic nitrogens is 2. The highest BCUT2D eigenvalue weighted by Crippen LogP contribution is 2.24. The fourth-order valence-corrected chi connectivity index (χ4v) is 4.57. The van der Waals surface area contributed by atoms with Crippen molar-refractivity contribution < 1.29 is 4.90 Å². The second kappa shape index (κ2) is 8.43. The summed E-state index contributed by atoms with van der Waals surface area (Å²) in [5, 5.41) is 9.04. The van der Waals surface area contributed by atoms with E-state index in [2.05, 4.69) is 72.6 Å². The van der Waals surface area contributed by atoms with Gasteiger partial charge in [-0.15, -0.1) is 5.10 Å². The van der Waals surface area contributed by atoms with Crippen molar-refractivity contribution in [2.24, 2.45) is 0 Å². The summed E-state index contributed by atoms with van der Waals surface area (Å²) in [6.07, 6.45) is 0. The molecule has 0 saturated carbocycles. The van der Waals surface area contributed by atoms with Crippen LogP contribution in [0.4, 0.5) is 16.5 Å². The number of hydrogen-bond acceptors (Lipinski definition) is 5. The maximum atomic E-state index is 5.57. The Hall–Kier alpha value is -2.22. The van der Waals surface area contributed by atoms with Gasteiger partial charge in [0, 0.05) is 11.4 Å². The summed E-state index contributed by atoms with van der Waals surface area (Å²) in [5.41, 5.74) is 4.93. The van der Waals surface area contributed by atoms with Crippen LogP contribution in [-0.2, 0) is 6.67 Å². The molecule has 1 fully saturated rings. The van der Waals surface area contributed by atoms with E-state index in [9.17, 15) is 0 Å². The summed E-state index contributed by atoms with van der Waals surface area (Å²) in [5.74, 6) is 0. The first-order valence-electron chi connectivity index (χ1n) is 9.65. The zero-order valence-electron chi connectivity index (χ0n) is 16.3. The van der Waals surface area contributed by atoms with E-state index in [4.69, 9.17) is 17.3 Å². The zero-order valence-corrected chi connectivity index (χ0v) is 17.9. The Morgan fingerprint density at radius 3 is 2.57 bits per heavy atom. The predicted octanol–water partition coefficient (Wildman–Crippen LogP) is 3.40. The van der Waals surface area contributed by atoms with Crippen molar-refractivity contribution in [2.45, 2.75) is 20.5 Å². The first-order valence-corrected chi connectivity index (χ1v) is 10.9. The highest BCUT2D eigenvalue weighted by molar-refractivity contribution is 7.73. The Morgan fingerprint density at radius 2 is 1.82 bits per heavy atom. The maximum absolute atomic E-state index is 5.57. The number of benzene rings is 2. The van der Waals surface area contributed by atoms with Gasteiger partial charge in [0.1, 0.15) is 0 Å². The Kier molecular flexibility index (Phi) is 5.75. The predicted molar refractivity (Wildman–Crippen MR) is 119 cm³/mol. The van der Waals surface area contributed by atoms with E-state index in [1.165, 1.54) is 21.7 Å². The molecule has 0 amide bonds. The molecule has 1 aliphatic heterocycles. The number of nitrogens with one attached hydrogen (secondary N) is 2. The zero-order chi connectivity index (χ0) is 19.5. The number of rotatable bonds is 5. The van der Waals surface area contributed by atoms with Crippen LogP contribution in [0.2, 0.25) is 0 Å². The van der Waals surface area contributed by atoms with E-state index in [0.717, 1.165) is 47.6 Å². The molecule has 0 unspecified atom stereocenters. The molecule has 0 radical (unpaired) electrons. The lowest BCUT2D eigenvalue weighted by Gasteiger charge is -2.33. The van der Waals surface area contributed by atoms with Crippen LogP contribution in [0, 0.1) is 17.8 Å². The molecule has 28 heavy (non-hydrogen) atoms. The molecule has 2 heterocycles. The van der Waals surface area contributed by atoms with E-state index < -0.39 is 0 Å². The summed E-state index contributed by atoms with van der Waals surface area (Å²) in [6.45, 7) is 9.38. The molecule has 0 bridgehead atoms. The Bertz CT molecular complexity index is 988. The topological polar surface area (TPSA) is 37.5 Å². The monoisotopic (exact) mass is 412 g/mol. The van der Waals surface area contributed by atoms with Crippen LogP contribution in [0.1, 0.15) is 11.1 Å². The molecule has 5 nitrogen and oxygen atoms in total. The third kappa shape index (κ3) is 4.27. The van der Waals surface area contributed by atoms with E-state index in [1.54, 1.807) is 11.3 Å². The van der Waals surface area contributed by atoms with Crippen molar-refractivity contribution in [1.29, 1.82) is 0 Å². The van der Waals surface area contributed by atoms with Crippen molar-refractivity contribution in [3.05, 3.63) is 63.6 Å². The van der Waals surface area contributed by atoms with Gasteiger partial charge in [-0.2, -0.15) is 4.68 Å². The minimum Gasteiger partial charge on any atom is -0.360 e. The van der Waals surface area contributed by atoms with Gasteiger partial charge in [0.25, 0.3) is 0 Å². The van der Waals surface area contributed by atoms with Gasteiger partial charge >= 0.3 is 0 Å². The Balaban J connectivity index is 1.38. The number of nitrogens with zero attached hydrogens (tertiary/aromatic N) is 3. The summed E-state index contributed by atoms with van der Waals surface area (Å²) >= 11 is 7.11. The summed E-state index contributed by atoms with van der Waals surface area (Å²) in [6, 6.07) is 16.9. The van der Waals surface area contributed by atoms with Crippen LogP contribution in [-0.4, -0.2) is 36.0 Å². The van der Waals surface area contributed by atoms with Crippen LogP contribution in [0.5, 0.6) is 0 Å². The third-order valence-corrected chi connectivity index (χ3v) is 6.64. The van der Waals surface area contributed by atoms with Gasteiger partial charge in [-0.3, -0.25) is 0 Å². The minimum absolute atomic E-state index is 0.825. The fourth-order valence-electron chi connectivity index (χ4n) is 3.55. The van der Waals surface area contributed by atoms with E-state index in [0.29, 0.717) is 0 Å². The van der Waals surface area contributed by atoms with E-state index >= 15 is 0 Å². The molecule has 2 aromatic carbocycles. The molecular formula is C21H26N5S2+. The largest absolute Gasteiger partial charge is 0.360 e. The van der Waals surface area contributed by atoms with Gasteiger partial charge in [0.2, 0.25) is 5.13 Å². The van der Waals surface area contributed by atoms with Crippen LogP contribution in [0.3, 0.4) is 0 Å². The fraction of sp³-hybridized carbons (Fsp3) is 0.333. The molecular weight excluding hydrogens is 386 g/mol. The van der Waals surface area contributed by atoms with Gasteiger partial charge < -0.3 is 15.1 Å². The quantitative estimate of drug-likeness (QED) is 0.630. The SMILES string of the molecule is Cc1cccc(Nc2nn(C[NH+]3CCN(c4ccccc4)CC3)c(=S)s2)c1C. The third-order valence-electron chi connectivity index (χ3n) is 5.42. The molecule has 0 spiro atoms. The number of anilines is 3. The molecule has 4 rings (SSSR count). The van der Waals surface area contributed by atoms with Crippen LogP contribution in [0.25, 0.3) is 0 Å². The number of piperazine rings is 1. The Morgan fingerprint density at radius 1 is 1.07 bits per heavy atom. The molecule has 0 atom stereocenters. The lowest BCUT2D eigenvalue weighted by molar-refractivity contribution is -0.924. The van der Waals surface area contributed by atoms with Crippen molar-refractivity contribution in [2.75, 3.05) is 36.4 Å². The highest BCUT2D eigenvalue weighted by Gasteiger charge is 2.21. The van der Waals surface area contributed by atoms with Crippen molar-refractivity contribution in [1.82, 2.24) is 9.78 Å². The minimum atomic E-state index is 0.825. The van der Waals surface area contributed by atoms with Gasteiger partial charge in [-0.05, 0) is 55.4 Å². The molecule has 7 heteroatoms. The lowest BCUT2D eigenvalue weighted by Crippen LogP contribution is -3.14. The first-order chi connectivity index (χ1) is 13.6.